The van der Waals surface area contributed by atoms with E-state index >= 15 is 0 Å². The summed E-state index contributed by atoms with van der Waals surface area (Å²) in [6.07, 6.45) is 0.887. The second-order valence-electron chi connectivity index (χ2n) is 4.18. The molecule has 1 heterocycles. The number of para-hydroxylation sites is 1. The van der Waals surface area contributed by atoms with Crippen LogP contribution in [0.2, 0.25) is 0 Å². The van der Waals surface area contributed by atoms with Gasteiger partial charge in [-0.2, -0.15) is 0 Å². The predicted molar refractivity (Wildman–Crippen MR) is 72.8 cm³/mol. The Bertz CT molecular complexity index is 436. The van der Waals surface area contributed by atoms with Crippen LogP contribution in [0.25, 0.3) is 0 Å². The first-order valence-electron chi connectivity index (χ1n) is 5.98. The van der Waals surface area contributed by atoms with Crippen LogP contribution in [0.1, 0.15) is 23.7 Å². The van der Waals surface area contributed by atoms with Gasteiger partial charge >= 0.3 is 0 Å². The molecule has 0 radical (unpaired) electrons. The third-order valence-electron chi connectivity index (χ3n) is 2.73. The summed E-state index contributed by atoms with van der Waals surface area (Å²) in [5.74, 6) is 1.07. The van der Waals surface area contributed by atoms with Gasteiger partial charge in [0.05, 0.1) is 5.56 Å². The Morgan fingerprint density at radius 2 is 2.22 bits per heavy atom. The van der Waals surface area contributed by atoms with E-state index in [-0.39, 0.29) is 11.9 Å². The minimum absolute atomic E-state index is 0.120. The molecule has 5 heteroatoms. The number of alkyl halides is 1. The van der Waals surface area contributed by atoms with Gasteiger partial charge in [0.15, 0.2) is 11.5 Å². The lowest BCUT2D eigenvalue weighted by Crippen LogP contribution is -2.33. The van der Waals surface area contributed by atoms with E-state index in [9.17, 15) is 4.79 Å². The van der Waals surface area contributed by atoms with E-state index in [1.54, 1.807) is 12.1 Å². The molecule has 0 fully saturated rings. The lowest BCUT2D eigenvalue weighted by molar-refractivity contribution is 0.0928. The maximum atomic E-state index is 12.1. The SMILES string of the molecule is CC(CCBr)NC(=O)c1cccc2c1OCCO2. The molecule has 0 spiro atoms. The molecule has 1 aromatic carbocycles. The average Bonchev–Trinajstić information content (AvgIpc) is 2.38. The van der Waals surface area contributed by atoms with Crippen LogP contribution in [-0.2, 0) is 0 Å². The number of carbonyl (C=O) groups is 1. The van der Waals surface area contributed by atoms with E-state index in [2.05, 4.69) is 21.2 Å². The molecule has 4 nitrogen and oxygen atoms in total. The van der Waals surface area contributed by atoms with Gasteiger partial charge in [0.2, 0.25) is 0 Å². The molecule has 1 amide bonds. The van der Waals surface area contributed by atoms with Gasteiger partial charge in [0.25, 0.3) is 5.91 Å². The van der Waals surface area contributed by atoms with Crippen molar-refractivity contribution in [3.63, 3.8) is 0 Å². The summed E-state index contributed by atoms with van der Waals surface area (Å²) >= 11 is 3.36. The van der Waals surface area contributed by atoms with Gasteiger partial charge < -0.3 is 14.8 Å². The van der Waals surface area contributed by atoms with Crippen LogP contribution in [0.3, 0.4) is 0 Å². The zero-order chi connectivity index (χ0) is 13.0. The fraction of sp³-hybridized carbons (Fsp3) is 0.462. The van der Waals surface area contributed by atoms with Crippen LogP contribution >= 0.6 is 15.9 Å². The molecule has 98 valence electrons. The second kappa shape index (κ2) is 6.09. The average molecular weight is 314 g/mol. The van der Waals surface area contributed by atoms with Crippen LogP contribution in [0, 0.1) is 0 Å². The van der Waals surface area contributed by atoms with E-state index in [4.69, 9.17) is 9.47 Å². The number of ether oxygens (including phenoxy) is 2. The van der Waals surface area contributed by atoms with Crippen molar-refractivity contribution in [2.45, 2.75) is 19.4 Å². The van der Waals surface area contributed by atoms with Crippen molar-refractivity contribution >= 4 is 21.8 Å². The number of carbonyl (C=O) groups excluding carboxylic acids is 1. The van der Waals surface area contributed by atoms with Crippen LogP contribution < -0.4 is 14.8 Å². The molecule has 0 saturated heterocycles. The Kier molecular flexibility index (Phi) is 4.47. The first-order valence-corrected chi connectivity index (χ1v) is 7.10. The summed E-state index contributed by atoms with van der Waals surface area (Å²) < 4.78 is 11.0. The summed E-state index contributed by atoms with van der Waals surface area (Å²) in [7, 11) is 0. The Morgan fingerprint density at radius 1 is 1.44 bits per heavy atom. The number of benzene rings is 1. The third-order valence-corrected chi connectivity index (χ3v) is 3.19. The van der Waals surface area contributed by atoms with Gasteiger partial charge in [-0.1, -0.05) is 22.0 Å². The van der Waals surface area contributed by atoms with E-state index in [0.717, 1.165) is 11.8 Å². The molecule has 0 aliphatic carbocycles. The lowest BCUT2D eigenvalue weighted by Gasteiger charge is -2.21. The molecule has 1 aliphatic rings. The van der Waals surface area contributed by atoms with Crippen LogP contribution in [0.5, 0.6) is 11.5 Å². The molecule has 2 rings (SSSR count). The van der Waals surface area contributed by atoms with Crippen molar-refractivity contribution in [1.29, 1.82) is 0 Å². The fourth-order valence-electron chi connectivity index (χ4n) is 1.79. The molecule has 1 aliphatic heterocycles. The maximum Gasteiger partial charge on any atom is 0.255 e. The van der Waals surface area contributed by atoms with Crippen molar-refractivity contribution in [2.24, 2.45) is 0 Å². The molecule has 0 saturated carbocycles. The summed E-state index contributed by atoms with van der Waals surface area (Å²) in [4.78, 5) is 12.1. The van der Waals surface area contributed by atoms with Crippen molar-refractivity contribution in [3.05, 3.63) is 23.8 Å². The first kappa shape index (κ1) is 13.2. The highest BCUT2D eigenvalue weighted by Crippen LogP contribution is 2.33. The topological polar surface area (TPSA) is 47.6 Å². The monoisotopic (exact) mass is 313 g/mol. The largest absolute Gasteiger partial charge is 0.486 e. The van der Waals surface area contributed by atoms with Crippen molar-refractivity contribution in [1.82, 2.24) is 5.32 Å². The van der Waals surface area contributed by atoms with Crippen molar-refractivity contribution in [2.75, 3.05) is 18.5 Å². The van der Waals surface area contributed by atoms with Gasteiger partial charge in [-0.15, -0.1) is 0 Å². The Hall–Kier alpha value is -1.23. The van der Waals surface area contributed by atoms with Crippen LogP contribution in [0.15, 0.2) is 18.2 Å². The molecule has 1 N–H and O–H groups in total. The highest BCUT2D eigenvalue weighted by atomic mass is 79.9. The number of nitrogens with one attached hydrogen (secondary N) is 1. The minimum atomic E-state index is -0.120. The summed E-state index contributed by atoms with van der Waals surface area (Å²) in [5, 5.41) is 3.80. The number of hydrogen-bond acceptors (Lipinski definition) is 3. The van der Waals surface area contributed by atoms with Gasteiger partial charge in [-0.05, 0) is 25.5 Å². The standard InChI is InChI=1S/C13H16BrNO3/c1-9(5-6-14)15-13(16)10-3-2-4-11-12(10)18-8-7-17-11/h2-4,9H,5-8H2,1H3,(H,15,16). The number of halogens is 1. The van der Waals surface area contributed by atoms with Gasteiger partial charge in [-0.3, -0.25) is 4.79 Å². The number of rotatable bonds is 4. The van der Waals surface area contributed by atoms with E-state index in [1.165, 1.54) is 0 Å². The fourth-order valence-corrected chi connectivity index (χ4v) is 2.48. The summed E-state index contributed by atoms with van der Waals surface area (Å²) in [6, 6.07) is 5.49. The van der Waals surface area contributed by atoms with Crippen LogP contribution in [0.4, 0.5) is 0 Å². The van der Waals surface area contributed by atoms with E-state index in [0.29, 0.717) is 30.3 Å². The quantitative estimate of drug-likeness (QED) is 0.868. The highest BCUT2D eigenvalue weighted by Gasteiger charge is 2.20. The third kappa shape index (κ3) is 2.96. The van der Waals surface area contributed by atoms with Gasteiger partial charge in [0, 0.05) is 11.4 Å². The molecule has 0 bridgehead atoms. The second-order valence-corrected chi connectivity index (χ2v) is 4.97. The molecule has 1 atom stereocenters. The highest BCUT2D eigenvalue weighted by molar-refractivity contribution is 9.09. The zero-order valence-corrected chi connectivity index (χ0v) is 11.8. The minimum Gasteiger partial charge on any atom is -0.486 e. The van der Waals surface area contributed by atoms with Crippen molar-refractivity contribution < 1.29 is 14.3 Å². The molecule has 0 aromatic heterocycles. The Balaban J connectivity index is 2.15. The molecule has 1 aromatic rings. The first-order chi connectivity index (χ1) is 8.72. The van der Waals surface area contributed by atoms with Gasteiger partial charge in [0.1, 0.15) is 13.2 Å². The molecule has 18 heavy (non-hydrogen) atoms. The van der Waals surface area contributed by atoms with E-state index < -0.39 is 0 Å². The van der Waals surface area contributed by atoms with Crippen LogP contribution in [-0.4, -0.2) is 30.5 Å². The molecular formula is C13H16BrNO3. The maximum absolute atomic E-state index is 12.1. The smallest absolute Gasteiger partial charge is 0.255 e. The molecule has 1 unspecified atom stereocenters. The summed E-state index contributed by atoms with van der Waals surface area (Å²) in [6.45, 7) is 2.98. The number of hydrogen-bond donors (Lipinski definition) is 1. The lowest BCUT2D eigenvalue weighted by atomic mass is 10.1. The Morgan fingerprint density at radius 3 is 3.00 bits per heavy atom. The zero-order valence-electron chi connectivity index (χ0n) is 10.2. The summed E-state index contributed by atoms with van der Waals surface area (Å²) in [5.41, 5.74) is 0.536. The van der Waals surface area contributed by atoms with Crippen molar-refractivity contribution in [3.8, 4) is 11.5 Å². The Labute approximate surface area is 115 Å². The van der Waals surface area contributed by atoms with Gasteiger partial charge in [-0.25, -0.2) is 0 Å². The number of amides is 1. The van der Waals surface area contributed by atoms with E-state index in [1.807, 2.05) is 13.0 Å². The number of fused-ring (bicyclic) bond motifs is 1. The predicted octanol–water partition coefficient (Wildman–Crippen LogP) is 2.36. The molecular weight excluding hydrogens is 298 g/mol. The normalized spacial score (nSPS) is 15.0.